The molecule has 0 spiro atoms. The first-order chi connectivity index (χ1) is 13.9. The zero-order valence-electron chi connectivity index (χ0n) is 14.7. The number of nitrogens with zero attached hydrogens (tertiary/aromatic N) is 1. The minimum atomic E-state index is -0.825. The van der Waals surface area contributed by atoms with Crippen LogP contribution in [0.4, 0.5) is 10.5 Å². The number of halogens is 2. The molecule has 0 aliphatic carbocycles. The monoisotopic (exact) mass is 470 g/mol. The van der Waals surface area contributed by atoms with Gasteiger partial charge in [0.2, 0.25) is 0 Å². The lowest BCUT2D eigenvalue weighted by Gasteiger charge is -2.26. The second-order valence-corrected chi connectivity index (χ2v) is 7.50. The molecular weight excluding hydrogens is 460 g/mol. The highest BCUT2D eigenvalue weighted by atomic mass is 79.9. The summed E-state index contributed by atoms with van der Waals surface area (Å²) in [5.74, 6) is -0.639. The van der Waals surface area contributed by atoms with Crippen molar-refractivity contribution < 1.29 is 18.8 Å². The van der Waals surface area contributed by atoms with Gasteiger partial charge in [-0.3, -0.25) is 14.9 Å². The second kappa shape index (κ2) is 7.69. The van der Waals surface area contributed by atoms with Gasteiger partial charge in [-0.15, -0.1) is 0 Å². The van der Waals surface area contributed by atoms with Gasteiger partial charge in [0.15, 0.2) is 0 Å². The van der Waals surface area contributed by atoms with Crippen molar-refractivity contribution in [2.24, 2.45) is 0 Å². The lowest BCUT2D eigenvalue weighted by molar-refractivity contribution is -0.122. The van der Waals surface area contributed by atoms with Gasteiger partial charge < -0.3 is 4.42 Å². The van der Waals surface area contributed by atoms with Crippen LogP contribution in [0, 0.1) is 0 Å². The van der Waals surface area contributed by atoms with E-state index in [1.54, 1.807) is 24.3 Å². The number of amides is 4. The van der Waals surface area contributed by atoms with E-state index in [1.165, 1.54) is 18.2 Å². The van der Waals surface area contributed by atoms with Gasteiger partial charge in [0.25, 0.3) is 11.8 Å². The highest BCUT2D eigenvalue weighted by Crippen LogP contribution is 2.27. The second-order valence-electron chi connectivity index (χ2n) is 6.14. The van der Waals surface area contributed by atoms with Gasteiger partial charge in [-0.05, 0) is 54.6 Å². The molecule has 8 heteroatoms. The predicted octanol–water partition coefficient (Wildman–Crippen LogP) is 5.03. The summed E-state index contributed by atoms with van der Waals surface area (Å²) >= 11 is 9.23. The summed E-state index contributed by atoms with van der Waals surface area (Å²) in [6.45, 7) is 0. The third kappa shape index (κ3) is 3.87. The summed E-state index contributed by atoms with van der Waals surface area (Å²) in [6.07, 6.45) is 1.31. The fraction of sp³-hybridized carbons (Fsp3) is 0. The number of furan rings is 1. The highest BCUT2D eigenvalue weighted by Gasteiger charge is 2.37. The topological polar surface area (TPSA) is 79.6 Å². The Labute approximate surface area is 178 Å². The molecule has 29 heavy (non-hydrogen) atoms. The number of hydrogen-bond donors (Lipinski definition) is 1. The Balaban J connectivity index is 1.66. The number of carbonyl (C=O) groups excluding carboxylic acids is 3. The highest BCUT2D eigenvalue weighted by molar-refractivity contribution is 9.10. The Hall–Kier alpha value is -3.16. The van der Waals surface area contributed by atoms with Gasteiger partial charge in [0.1, 0.15) is 17.1 Å². The van der Waals surface area contributed by atoms with E-state index in [9.17, 15) is 14.4 Å². The van der Waals surface area contributed by atoms with Crippen molar-refractivity contribution in [3.05, 3.63) is 81.5 Å². The van der Waals surface area contributed by atoms with Gasteiger partial charge in [-0.2, -0.15) is 0 Å². The van der Waals surface area contributed by atoms with E-state index in [4.69, 9.17) is 16.0 Å². The lowest BCUT2D eigenvalue weighted by atomic mass is 10.1. The Morgan fingerprint density at radius 3 is 2.31 bits per heavy atom. The van der Waals surface area contributed by atoms with Crippen molar-refractivity contribution in [2.45, 2.75) is 0 Å². The smallest absolute Gasteiger partial charge is 0.335 e. The molecule has 1 aromatic heterocycles. The molecule has 1 N–H and O–H groups in total. The number of imide groups is 2. The van der Waals surface area contributed by atoms with Crippen LogP contribution in [-0.4, -0.2) is 17.8 Å². The van der Waals surface area contributed by atoms with Crippen LogP contribution in [0.3, 0.4) is 0 Å². The molecule has 1 aliphatic rings. The van der Waals surface area contributed by atoms with E-state index in [-0.39, 0.29) is 5.57 Å². The molecule has 0 atom stereocenters. The Morgan fingerprint density at radius 1 is 0.931 bits per heavy atom. The molecule has 144 valence electrons. The van der Waals surface area contributed by atoms with Crippen molar-refractivity contribution in [3.8, 4) is 11.3 Å². The molecule has 0 radical (unpaired) electrons. The zero-order chi connectivity index (χ0) is 20.5. The third-order valence-electron chi connectivity index (χ3n) is 4.23. The zero-order valence-corrected chi connectivity index (χ0v) is 17.0. The number of urea groups is 1. The molecule has 0 saturated carbocycles. The number of benzene rings is 2. The maximum atomic E-state index is 12.8. The number of rotatable bonds is 3. The summed E-state index contributed by atoms with van der Waals surface area (Å²) in [4.78, 5) is 38.2. The maximum Gasteiger partial charge on any atom is 0.335 e. The largest absolute Gasteiger partial charge is 0.457 e. The van der Waals surface area contributed by atoms with E-state index in [2.05, 4.69) is 21.2 Å². The summed E-state index contributed by atoms with van der Waals surface area (Å²) < 4.78 is 6.68. The van der Waals surface area contributed by atoms with E-state index in [0.29, 0.717) is 22.2 Å². The van der Waals surface area contributed by atoms with Crippen molar-refractivity contribution >= 4 is 57.1 Å². The maximum absolute atomic E-state index is 12.8. The molecule has 4 amide bonds. The van der Waals surface area contributed by atoms with E-state index in [0.717, 1.165) is 14.9 Å². The number of hydrogen-bond acceptors (Lipinski definition) is 4. The molecule has 2 heterocycles. The summed E-state index contributed by atoms with van der Waals surface area (Å²) in [5.41, 5.74) is 0.928. The van der Waals surface area contributed by atoms with Gasteiger partial charge in [-0.1, -0.05) is 39.7 Å². The Kier molecular flexibility index (Phi) is 5.08. The van der Waals surface area contributed by atoms with Crippen LogP contribution in [0.15, 0.2) is 75.1 Å². The molecule has 1 saturated heterocycles. The number of carbonyl (C=O) groups is 3. The van der Waals surface area contributed by atoms with Crippen LogP contribution in [0.5, 0.6) is 0 Å². The van der Waals surface area contributed by atoms with Crippen LogP contribution in [0.2, 0.25) is 5.02 Å². The third-order valence-corrected chi connectivity index (χ3v) is 5.01. The summed E-state index contributed by atoms with van der Waals surface area (Å²) in [7, 11) is 0. The SMILES string of the molecule is O=C1NC(=O)N(c2ccc(Cl)cc2)C(=O)/C1=C\c1ccc(-c2ccc(Br)cc2)o1. The molecule has 1 fully saturated rings. The average molecular weight is 472 g/mol. The van der Waals surface area contributed by atoms with Crippen molar-refractivity contribution in [1.29, 1.82) is 0 Å². The minimum Gasteiger partial charge on any atom is -0.457 e. The number of barbiturate groups is 1. The minimum absolute atomic E-state index is 0.212. The summed E-state index contributed by atoms with van der Waals surface area (Å²) in [5, 5.41) is 2.63. The van der Waals surface area contributed by atoms with E-state index in [1.807, 2.05) is 24.3 Å². The van der Waals surface area contributed by atoms with Gasteiger partial charge in [-0.25, -0.2) is 9.69 Å². The van der Waals surface area contributed by atoms with Crippen molar-refractivity contribution in [1.82, 2.24) is 5.32 Å². The van der Waals surface area contributed by atoms with Gasteiger partial charge in [0, 0.05) is 15.1 Å². The summed E-state index contributed by atoms with van der Waals surface area (Å²) in [6, 6.07) is 16.2. The van der Waals surface area contributed by atoms with Gasteiger partial charge in [0.05, 0.1) is 5.69 Å². The first kappa shape index (κ1) is 19.2. The molecule has 4 rings (SSSR count). The fourth-order valence-electron chi connectivity index (χ4n) is 2.82. The standard InChI is InChI=1S/C21H12BrClN2O4/c22-13-3-1-12(2-4-13)18-10-9-16(29-18)11-17-19(26)24-21(28)25(20(17)27)15-7-5-14(23)6-8-15/h1-11H,(H,24,26,28)/b17-11-. The molecule has 6 nitrogen and oxygen atoms in total. The average Bonchev–Trinajstić information content (AvgIpc) is 3.16. The van der Waals surface area contributed by atoms with Crippen LogP contribution in [0.1, 0.15) is 5.76 Å². The van der Waals surface area contributed by atoms with Crippen molar-refractivity contribution in [2.75, 3.05) is 4.90 Å². The Bertz CT molecular complexity index is 1150. The molecule has 1 aliphatic heterocycles. The lowest BCUT2D eigenvalue weighted by Crippen LogP contribution is -2.54. The normalized spacial score (nSPS) is 15.7. The van der Waals surface area contributed by atoms with Crippen LogP contribution < -0.4 is 10.2 Å². The predicted molar refractivity (Wildman–Crippen MR) is 112 cm³/mol. The molecule has 0 unspecified atom stereocenters. The molecule has 3 aromatic rings. The Morgan fingerprint density at radius 2 is 1.62 bits per heavy atom. The van der Waals surface area contributed by atoms with E-state index < -0.39 is 17.8 Å². The molecular formula is C21H12BrClN2O4. The fourth-order valence-corrected chi connectivity index (χ4v) is 3.21. The van der Waals surface area contributed by atoms with Crippen LogP contribution in [0.25, 0.3) is 17.4 Å². The first-order valence-corrected chi connectivity index (χ1v) is 9.62. The van der Waals surface area contributed by atoms with E-state index >= 15 is 0 Å². The molecule has 0 bridgehead atoms. The van der Waals surface area contributed by atoms with Crippen LogP contribution in [-0.2, 0) is 9.59 Å². The van der Waals surface area contributed by atoms with Crippen molar-refractivity contribution in [3.63, 3.8) is 0 Å². The van der Waals surface area contributed by atoms with Crippen LogP contribution >= 0.6 is 27.5 Å². The quantitative estimate of drug-likeness (QED) is 0.429. The number of anilines is 1. The first-order valence-electron chi connectivity index (χ1n) is 8.45. The number of nitrogens with one attached hydrogen (secondary N) is 1. The van der Waals surface area contributed by atoms with Gasteiger partial charge >= 0.3 is 6.03 Å². The molecule has 2 aromatic carbocycles.